The first-order chi connectivity index (χ1) is 9.15. The first-order valence-corrected chi connectivity index (χ1v) is 8.30. The van der Waals surface area contributed by atoms with Crippen LogP contribution in [0.1, 0.15) is 12.8 Å². The van der Waals surface area contributed by atoms with Crippen LogP contribution in [0.25, 0.3) is 0 Å². The molecular weight excluding hydrogens is 350 g/mol. The van der Waals surface area contributed by atoms with Gasteiger partial charge in [-0.3, -0.25) is 4.79 Å². The van der Waals surface area contributed by atoms with Gasteiger partial charge in [0.25, 0.3) is 0 Å². The van der Waals surface area contributed by atoms with Gasteiger partial charge >= 0.3 is 0 Å². The molecule has 0 radical (unpaired) electrons. The summed E-state index contributed by atoms with van der Waals surface area (Å²) in [4.78, 5) is 15.8. The molecule has 0 atom stereocenters. The molecule has 4 nitrogen and oxygen atoms in total. The summed E-state index contributed by atoms with van der Waals surface area (Å²) >= 11 is 10.9. The molecule has 2 rings (SSSR count). The number of carbonyl (C=O) groups excluding carboxylic acids is 1. The standard InChI is InChI=1S/C12H15BrClN3OS/c13-8-5-10(12(14)16-6-8)17-11(18)7-19-9-1-3-15-4-2-9/h5-6,9,15H,1-4,7H2,(H,17,18). The average Bonchev–Trinajstić information content (AvgIpc) is 2.42. The normalized spacial score (nSPS) is 16.3. The van der Waals surface area contributed by atoms with Crippen molar-refractivity contribution in [1.29, 1.82) is 0 Å². The highest BCUT2D eigenvalue weighted by atomic mass is 79.9. The molecule has 0 saturated carbocycles. The van der Waals surface area contributed by atoms with Crippen molar-refractivity contribution in [1.82, 2.24) is 10.3 Å². The molecule has 19 heavy (non-hydrogen) atoms. The van der Waals surface area contributed by atoms with Gasteiger partial charge in [0, 0.05) is 15.9 Å². The summed E-state index contributed by atoms with van der Waals surface area (Å²) in [5, 5.41) is 6.98. The number of rotatable bonds is 4. The second-order valence-corrected chi connectivity index (χ2v) is 6.86. The van der Waals surface area contributed by atoms with Crippen molar-refractivity contribution in [2.24, 2.45) is 0 Å². The molecule has 1 aromatic heterocycles. The molecule has 0 unspecified atom stereocenters. The molecule has 1 aliphatic rings. The highest BCUT2D eigenvalue weighted by Crippen LogP contribution is 2.24. The van der Waals surface area contributed by atoms with E-state index in [2.05, 4.69) is 31.5 Å². The van der Waals surface area contributed by atoms with Gasteiger partial charge < -0.3 is 10.6 Å². The van der Waals surface area contributed by atoms with Crippen molar-refractivity contribution < 1.29 is 4.79 Å². The molecule has 104 valence electrons. The smallest absolute Gasteiger partial charge is 0.234 e. The van der Waals surface area contributed by atoms with Crippen molar-refractivity contribution in [2.75, 3.05) is 24.2 Å². The minimum atomic E-state index is -0.0367. The molecule has 2 heterocycles. The number of nitrogens with one attached hydrogen (secondary N) is 2. The number of piperidine rings is 1. The molecule has 0 spiro atoms. The minimum Gasteiger partial charge on any atom is -0.323 e. The molecule has 7 heteroatoms. The van der Waals surface area contributed by atoms with Crippen LogP contribution in [0, 0.1) is 0 Å². The largest absolute Gasteiger partial charge is 0.323 e. The number of carbonyl (C=O) groups is 1. The fourth-order valence-electron chi connectivity index (χ4n) is 1.85. The van der Waals surface area contributed by atoms with Crippen LogP contribution < -0.4 is 10.6 Å². The van der Waals surface area contributed by atoms with Gasteiger partial charge in [-0.05, 0) is 47.9 Å². The van der Waals surface area contributed by atoms with Crippen molar-refractivity contribution in [3.8, 4) is 0 Å². The molecule has 1 fully saturated rings. The Hall–Kier alpha value is -0.300. The van der Waals surface area contributed by atoms with E-state index in [0.29, 0.717) is 21.8 Å². The summed E-state index contributed by atoms with van der Waals surface area (Å²) in [7, 11) is 0. The molecule has 0 bridgehead atoms. The van der Waals surface area contributed by atoms with Crippen LogP contribution in [0.5, 0.6) is 0 Å². The molecule has 2 N–H and O–H groups in total. The molecule has 1 aromatic rings. The first kappa shape index (κ1) is 15.1. The molecule has 1 saturated heterocycles. The number of halogens is 2. The molecule has 0 aliphatic carbocycles. The summed E-state index contributed by atoms with van der Waals surface area (Å²) in [5.41, 5.74) is 0.548. The maximum atomic E-state index is 11.9. The predicted octanol–water partition coefficient (Wildman–Crippen LogP) is 2.92. The zero-order valence-electron chi connectivity index (χ0n) is 10.3. The van der Waals surface area contributed by atoms with Gasteiger partial charge in [-0.15, -0.1) is 11.8 Å². The lowest BCUT2D eigenvalue weighted by molar-refractivity contribution is -0.113. The second kappa shape index (κ2) is 7.47. The Morgan fingerprint density at radius 2 is 2.32 bits per heavy atom. The van der Waals surface area contributed by atoms with Gasteiger partial charge in [0.15, 0.2) is 5.15 Å². The number of anilines is 1. The van der Waals surface area contributed by atoms with Gasteiger partial charge in [0.2, 0.25) is 5.91 Å². The Kier molecular flexibility index (Phi) is 5.94. The zero-order chi connectivity index (χ0) is 13.7. The van der Waals surface area contributed by atoms with E-state index < -0.39 is 0 Å². The van der Waals surface area contributed by atoms with E-state index in [-0.39, 0.29) is 5.91 Å². The maximum absolute atomic E-state index is 11.9. The van der Waals surface area contributed by atoms with E-state index in [1.54, 1.807) is 24.0 Å². The Balaban J connectivity index is 1.81. The number of aromatic nitrogens is 1. The fourth-order valence-corrected chi connectivity index (χ4v) is 3.36. The number of hydrogen-bond donors (Lipinski definition) is 2. The van der Waals surface area contributed by atoms with Gasteiger partial charge in [-0.1, -0.05) is 11.6 Å². The lowest BCUT2D eigenvalue weighted by atomic mass is 10.2. The van der Waals surface area contributed by atoms with Crippen molar-refractivity contribution in [3.05, 3.63) is 21.9 Å². The summed E-state index contributed by atoms with van der Waals surface area (Å²) in [5.74, 6) is 0.415. The fraction of sp³-hybridized carbons (Fsp3) is 0.500. The number of pyridine rings is 1. The van der Waals surface area contributed by atoms with Crippen molar-refractivity contribution in [3.63, 3.8) is 0 Å². The number of hydrogen-bond acceptors (Lipinski definition) is 4. The second-order valence-electron chi connectivity index (χ2n) is 4.30. The van der Waals surface area contributed by atoms with E-state index in [9.17, 15) is 4.79 Å². The number of thioether (sulfide) groups is 1. The van der Waals surface area contributed by atoms with Crippen LogP contribution in [0.3, 0.4) is 0 Å². The van der Waals surface area contributed by atoms with E-state index in [1.807, 2.05) is 0 Å². The summed E-state index contributed by atoms with van der Waals surface area (Å²) in [6, 6.07) is 1.75. The number of amides is 1. The maximum Gasteiger partial charge on any atom is 0.234 e. The van der Waals surface area contributed by atoms with Gasteiger partial charge in [-0.2, -0.15) is 0 Å². The van der Waals surface area contributed by atoms with E-state index in [1.165, 1.54) is 0 Å². The van der Waals surface area contributed by atoms with E-state index in [4.69, 9.17) is 11.6 Å². The Bertz CT molecular complexity index is 455. The van der Waals surface area contributed by atoms with Crippen LogP contribution in [0.4, 0.5) is 5.69 Å². The minimum absolute atomic E-state index is 0.0367. The Labute approximate surface area is 130 Å². The highest BCUT2D eigenvalue weighted by molar-refractivity contribution is 9.10. The highest BCUT2D eigenvalue weighted by Gasteiger charge is 2.15. The zero-order valence-corrected chi connectivity index (χ0v) is 13.4. The number of nitrogens with zero attached hydrogens (tertiary/aromatic N) is 1. The average molecular weight is 365 g/mol. The quantitative estimate of drug-likeness (QED) is 0.807. The van der Waals surface area contributed by atoms with Crippen molar-refractivity contribution in [2.45, 2.75) is 18.1 Å². The van der Waals surface area contributed by atoms with Crippen LogP contribution in [0.2, 0.25) is 5.15 Å². The third-order valence-electron chi connectivity index (χ3n) is 2.82. The Morgan fingerprint density at radius 1 is 1.58 bits per heavy atom. The van der Waals surface area contributed by atoms with Crippen LogP contribution in [-0.4, -0.2) is 35.0 Å². The van der Waals surface area contributed by atoms with Gasteiger partial charge in [-0.25, -0.2) is 4.98 Å². The van der Waals surface area contributed by atoms with Crippen LogP contribution in [0.15, 0.2) is 16.7 Å². The summed E-state index contributed by atoms with van der Waals surface area (Å²) < 4.78 is 0.790. The van der Waals surface area contributed by atoms with Crippen molar-refractivity contribution >= 4 is 50.9 Å². The molecule has 0 aromatic carbocycles. The predicted molar refractivity (Wildman–Crippen MR) is 83.9 cm³/mol. The molecular formula is C12H15BrClN3OS. The monoisotopic (exact) mass is 363 g/mol. The first-order valence-electron chi connectivity index (χ1n) is 6.08. The Morgan fingerprint density at radius 3 is 3.05 bits per heavy atom. The van der Waals surface area contributed by atoms with E-state index in [0.717, 1.165) is 30.4 Å². The van der Waals surface area contributed by atoms with Crippen LogP contribution >= 0.6 is 39.3 Å². The SMILES string of the molecule is O=C(CSC1CCNCC1)Nc1cc(Br)cnc1Cl. The van der Waals surface area contributed by atoms with Gasteiger partial charge in [0.05, 0.1) is 11.4 Å². The summed E-state index contributed by atoms with van der Waals surface area (Å²) in [6.45, 7) is 2.08. The van der Waals surface area contributed by atoms with E-state index >= 15 is 0 Å². The molecule has 1 aliphatic heterocycles. The molecule has 1 amide bonds. The third kappa shape index (κ3) is 4.95. The van der Waals surface area contributed by atoms with Crippen LogP contribution in [-0.2, 0) is 4.79 Å². The lowest BCUT2D eigenvalue weighted by Crippen LogP contribution is -2.30. The third-order valence-corrected chi connectivity index (χ3v) is 4.92. The lowest BCUT2D eigenvalue weighted by Gasteiger charge is -2.21. The van der Waals surface area contributed by atoms with Gasteiger partial charge in [0.1, 0.15) is 0 Å². The summed E-state index contributed by atoms with van der Waals surface area (Å²) in [6.07, 6.45) is 3.84. The topological polar surface area (TPSA) is 54.0 Å².